The third-order valence-electron chi connectivity index (χ3n) is 1.40. The highest BCUT2D eigenvalue weighted by molar-refractivity contribution is 6.32. The Bertz CT molecular complexity index is 274. The maximum absolute atomic E-state index is 5.86. The predicted octanol–water partition coefficient (Wildman–Crippen LogP) is 2.28. The molecule has 1 aromatic heterocycles. The molecule has 12 heavy (non-hydrogen) atoms. The van der Waals surface area contributed by atoms with Crippen LogP contribution in [0, 0.1) is 0 Å². The lowest BCUT2D eigenvalue weighted by Crippen LogP contribution is -2.18. The second-order valence-corrected chi connectivity index (χ2v) is 3.54. The molecule has 0 aliphatic heterocycles. The van der Waals surface area contributed by atoms with E-state index in [0.29, 0.717) is 16.6 Å². The van der Waals surface area contributed by atoms with E-state index in [1.807, 2.05) is 6.92 Å². The quantitative estimate of drug-likeness (QED) is 0.752. The average molecular weight is 205 g/mol. The Kier molecular flexibility index (Phi) is 3.32. The van der Waals surface area contributed by atoms with Crippen LogP contribution in [0.25, 0.3) is 0 Å². The van der Waals surface area contributed by atoms with Crippen LogP contribution in [-0.2, 0) is 6.42 Å². The Balaban J connectivity index is 2.90. The van der Waals surface area contributed by atoms with E-state index in [-0.39, 0.29) is 6.04 Å². The van der Waals surface area contributed by atoms with Gasteiger partial charge in [-0.1, -0.05) is 23.2 Å². The maximum atomic E-state index is 5.86. The molecule has 0 aliphatic carbocycles. The largest absolute Gasteiger partial charge is 0.328 e. The van der Waals surface area contributed by atoms with Crippen molar-refractivity contribution in [1.82, 2.24) is 4.98 Å². The number of hydrogen-bond acceptors (Lipinski definition) is 2. The molecule has 1 aromatic rings. The number of nitrogens with two attached hydrogens (primary N) is 1. The molecule has 0 saturated heterocycles. The smallest absolute Gasteiger partial charge is 0.129 e. The van der Waals surface area contributed by atoms with Crippen molar-refractivity contribution < 1.29 is 0 Å². The normalized spacial score (nSPS) is 13.0. The highest BCUT2D eigenvalue weighted by atomic mass is 35.5. The number of halogens is 2. The second-order valence-electron chi connectivity index (χ2n) is 2.74. The van der Waals surface area contributed by atoms with Gasteiger partial charge in [-0.2, -0.15) is 0 Å². The summed E-state index contributed by atoms with van der Waals surface area (Å²) in [7, 11) is 0. The Morgan fingerprint density at radius 3 is 2.75 bits per heavy atom. The van der Waals surface area contributed by atoms with Crippen LogP contribution in [-0.4, -0.2) is 11.0 Å². The van der Waals surface area contributed by atoms with Crippen molar-refractivity contribution in [2.45, 2.75) is 19.4 Å². The minimum absolute atomic E-state index is 0.0495. The van der Waals surface area contributed by atoms with Gasteiger partial charge in [0, 0.05) is 12.5 Å². The lowest BCUT2D eigenvalue weighted by molar-refractivity contribution is 0.722. The minimum atomic E-state index is 0.0495. The first-order chi connectivity index (χ1) is 5.59. The number of nitrogens with zero attached hydrogens (tertiary/aromatic N) is 1. The van der Waals surface area contributed by atoms with E-state index in [1.54, 1.807) is 12.1 Å². The highest BCUT2D eigenvalue weighted by Gasteiger charge is 2.05. The number of hydrogen-bond donors (Lipinski definition) is 1. The maximum Gasteiger partial charge on any atom is 0.129 e. The van der Waals surface area contributed by atoms with Gasteiger partial charge in [0.1, 0.15) is 5.15 Å². The number of pyridine rings is 1. The van der Waals surface area contributed by atoms with Crippen LogP contribution in [0.1, 0.15) is 12.6 Å². The Hall–Kier alpha value is -0.310. The van der Waals surface area contributed by atoms with Crippen molar-refractivity contribution in [2.75, 3.05) is 0 Å². The molecule has 66 valence electrons. The molecule has 1 unspecified atom stereocenters. The van der Waals surface area contributed by atoms with Crippen LogP contribution in [0.15, 0.2) is 12.1 Å². The summed E-state index contributed by atoms with van der Waals surface area (Å²) in [6.45, 7) is 1.90. The summed E-state index contributed by atoms with van der Waals surface area (Å²) in [6, 6.07) is 3.44. The Morgan fingerprint density at radius 2 is 2.17 bits per heavy atom. The molecule has 0 radical (unpaired) electrons. The summed E-state index contributed by atoms with van der Waals surface area (Å²) in [5, 5.41) is 1.08. The van der Waals surface area contributed by atoms with Crippen LogP contribution in [0.3, 0.4) is 0 Å². The van der Waals surface area contributed by atoms with E-state index in [0.717, 1.165) is 5.69 Å². The van der Waals surface area contributed by atoms with Gasteiger partial charge in [0.25, 0.3) is 0 Å². The highest BCUT2D eigenvalue weighted by Crippen LogP contribution is 2.17. The van der Waals surface area contributed by atoms with Gasteiger partial charge in [-0.15, -0.1) is 0 Å². The van der Waals surface area contributed by atoms with Crippen LogP contribution >= 0.6 is 23.2 Å². The lowest BCUT2D eigenvalue weighted by atomic mass is 10.2. The van der Waals surface area contributed by atoms with Gasteiger partial charge in [0.05, 0.1) is 10.7 Å². The predicted molar refractivity (Wildman–Crippen MR) is 51.6 cm³/mol. The molecule has 2 nitrogen and oxygen atoms in total. The average Bonchev–Trinajstić information content (AvgIpc) is 1.96. The lowest BCUT2D eigenvalue weighted by Gasteiger charge is -2.05. The summed E-state index contributed by atoms with van der Waals surface area (Å²) in [5.74, 6) is 0. The molecule has 1 atom stereocenters. The van der Waals surface area contributed by atoms with Gasteiger partial charge in [-0.05, 0) is 19.1 Å². The van der Waals surface area contributed by atoms with Gasteiger partial charge in [-0.25, -0.2) is 4.98 Å². The molecule has 1 rings (SSSR count). The molecule has 0 bridgehead atoms. The molecule has 0 spiro atoms. The van der Waals surface area contributed by atoms with Crippen molar-refractivity contribution >= 4 is 23.2 Å². The third kappa shape index (κ3) is 2.63. The first-order valence-corrected chi connectivity index (χ1v) is 4.41. The van der Waals surface area contributed by atoms with Crippen LogP contribution in [0.4, 0.5) is 0 Å². The molecular weight excluding hydrogens is 195 g/mol. The monoisotopic (exact) mass is 204 g/mol. The molecule has 0 aromatic carbocycles. The zero-order valence-electron chi connectivity index (χ0n) is 6.72. The topological polar surface area (TPSA) is 38.9 Å². The number of rotatable bonds is 2. The van der Waals surface area contributed by atoms with Crippen LogP contribution in [0.2, 0.25) is 10.2 Å². The van der Waals surface area contributed by atoms with Gasteiger partial charge in [-0.3, -0.25) is 0 Å². The van der Waals surface area contributed by atoms with Gasteiger partial charge in [0.2, 0.25) is 0 Å². The summed E-state index contributed by atoms with van der Waals surface area (Å²) >= 11 is 11.6. The minimum Gasteiger partial charge on any atom is -0.328 e. The Morgan fingerprint density at radius 1 is 1.50 bits per heavy atom. The van der Waals surface area contributed by atoms with Crippen molar-refractivity contribution in [3.8, 4) is 0 Å². The van der Waals surface area contributed by atoms with Crippen molar-refractivity contribution in [1.29, 1.82) is 0 Å². The van der Waals surface area contributed by atoms with Crippen LogP contribution in [0.5, 0.6) is 0 Å². The van der Waals surface area contributed by atoms with E-state index in [2.05, 4.69) is 4.98 Å². The third-order valence-corrected chi connectivity index (χ3v) is 1.95. The number of aromatic nitrogens is 1. The summed E-state index contributed by atoms with van der Waals surface area (Å²) in [6.07, 6.45) is 0.652. The first-order valence-electron chi connectivity index (χ1n) is 3.66. The van der Waals surface area contributed by atoms with Gasteiger partial charge < -0.3 is 5.73 Å². The summed E-state index contributed by atoms with van der Waals surface area (Å²) < 4.78 is 0. The van der Waals surface area contributed by atoms with E-state index in [9.17, 15) is 0 Å². The van der Waals surface area contributed by atoms with E-state index in [4.69, 9.17) is 28.9 Å². The van der Waals surface area contributed by atoms with Crippen LogP contribution < -0.4 is 5.73 Å². The Labute approximate surface area is 81.7 Å². The van der Waals surface area contributed by atoms with Crippen molar-refractivity contribution in [3.05, 3.63) is 28.0 Å². The zero-order valence-corrected chi connectivity index (χ0v) is 8.23. The van der Waals surface area contributed by atoms with Gasteiger partial charge >= 0.3 is 0 Å². The molecule has 0 saturated carbocycles. The molecule has 0 amide bonds. The molecule has 0 fully saturated rings. The van der Waals surface area contributed by atoms with Gasteiger partial charge in [0.15, 0.2) is 0 Å². The summed E-state index contributed by atoms with van der Waals surface area (Å²) in [5.41, 5.74) is 6.36. The standard InChI is InChI=1S/C8H10Cl2N2/c1-5(11)4-7-6(9)2-3-8(10)12-7/h2-3,5H,4,11H2,1H3. The fourth-order valence-electron chi connectivity index (χ4n) is 0.906. The fourth-order valence-corrected chi connectivity index (χ4v) is 1.25. The molecule has 2 N–H and O–H groups in total. The van der Waals surface area contributed by atoms with E-state index >= 15 is 0 Å². The van der Waals surface area contributed by atoms with Crippen molar-refractivity contribution in [2.24, 2.45) is 5.73 Å². The molecular formula is C8H10Cl2N2. The molecule has 0 aliphatic rings. The first kappa shape index (κ1) is 9.78. The fraction of sp³-hybridized carbons (Fsp3) is 0.375. The second kappa shape index (κ2) is 4.08. The van der Waals surface area contributed by atoms with E-state index in [1.165, 1.54) is 0 Å². The SMILES string of the molecule is CC(N)Cc1nc(Cl)ccc1Cl. The molecule has 1 heterocycles. The van der Waals surface area contributed by atoms with Crippen molar-refractivity contribution in [3.63, 3.8) is 0 Å². The summed E-state index contributed by atoms with van der Waals surface area (Å²) in [4.78, 5) is 4.07. The molecule has 4 heteroatoms. The zero-order chi connectivity index (χ0) is 9.14. The van der Waals surface area contributed by atoms with E-state index < -0.39 is 0 Å².